The molecule has 3 aliphatic carbocycles. The van der Waals surface area contributed by atoms with E-state index in [-0.39, 0.29) is 5.48 Å². The third kappa shape index (κ3) is 3.45. The van der Waals surface area contributed by atoms with Gasteiger partial charge in [0.2, 0.25) is 0 Å². The fourth-order valence-corrected chi connectivity index (χ4v) is 5.97. The summed E-state index contributed by atoms with van der Waals surface area (Å²) in [6.07, 6.45) is 11.2. The summed E-state index contributed by atoms with van der Waals surface area (Å²) in [5, 5.41) is 0. The van der Waals surface area contributed by atoms with E-state index in [4.69, 9.17) is 0 Å². The molecular formula is C24H38O. The lowest BCUT2D eigenvalue weighted by Crippen LogP contribution is -2.26. The van der Waals surface area contributed by atoms with Crippen molar-refractivity contribution in [2.24, 2.45) is 11.3 Å². The van der Waals surface area contributed by atoms with Crippen LogP contribution in [0.4, 0.5) is 0 Å². The summed E-state index contributed by atoms with van der Waals surface area (Å²) in [7, 11) is 0. The third-order valence-electron chi connectivity index (χ3n) is 7.22. The van der Waals surface area contributed by atoms with Crippen molar-refractivity contribution in [1.82, 2.24) is 0 Å². The van der Waals surface area contributed by atoms with E-state index in [1.165, 1.54) is 56.9 Å². The van der Waals surface area contributed by atoms with Crippen LogP contribution in [0.5, 0.6) is 0 Å². The van der Waals surface area contributed by atoms with Crippen LogP contribution in [-0.2, 0) is 6.42 Å². The van der Waals surface area contributed by atoms with Crippen LogP contribution in [0.15, 0.2) is 29.3 Å². The second-order valence-corrected chi connectivity index (χ2v) is 8.24. The zero-order valence-corrected chi connectivity index (χ0v) is 17.0. The van der Waals surface area contributed by atoms with Gasteiger partial charge >= 0.3 is 0 Å². The molecule has 1 nitrogen and oxygen atoms in total. The molecule has 1 aromatic carbocycles. The predicted molar refractivity (Wildman–Crippen MR) is 109 cm³/mol. The van der Waals surface area contributed by atoms with Gasteiger partial charge in [-0.05, 0) is 93.6 Å². The normalized spacial score (nSPS) is 30.1. The molecule has 1 aromatic rings. The van der Waals surface area contributed by atoms with Crippen LogP contribution in [0.1, 0.15) is 95.2 Å². The van der Waals surface area contributed by atoms with Crippen molar-refractivity contribution in [3.8, 4) is 0 Å². The second-order valence-electron chi connectivity index (χ2n) is 8.24. The minimum Gasteiger partial charge on any atom is -0.412 e. The standard InChI is InChI=1S/C22H30.C2H6.H2O/c1-4-22-12-11-16(3)21(22)10-9-20-18(14-22)7-6-17-13-15(2)5-8-19(17)20;1-2;/h5,8,13,18,20H,4,6-7,9-12,14H2,1-3H3;1-2H3;1H2/t18?,20?,22-;;/m1../s1. The molecule has 0 spiro atoms. The van der Waals surface area contributed by atoms with E-state index in [2.05, 4.69) is 39.0 Å². The first-order valence-electron chi connectivity index (χ1n) is 10.4. The van der Waals surface area contributed by atoms with Crippen molar-refractivity contribution in [3.05, 3.63) is 46.0 Å². The van der Waals surface area contributed by atoms with Gasteiger partial charge in [0, 0.05) is 0 Å². The van der Waals surface area contributed by atoms with Crippen LogP contribution in [0, 0.1) is 18.3 Å². The summed E-state index contributed by atoms with van der Waals surface area (Å²) in [5.41, 5.74) is 8.98. The Hall–Kier alpha value is -1.08. The van der Waals surface area contributed by atoms with E-state index in [0.717, 1.165) is 11.8 Å². The van der Waals surface area contributed by atoms with Gasteiger partial charge in [0.25, 0.3) is 0 Å². The van der Waals surface area contributed by atoms with Crippen LogP contribution in [0.25, 0.3) is 0 Å². The molecule has 0 aliphatic heterocycles. The Balaban J connectivity index is 0.000000726. The zero-order chi connectivity index (χ0) is 17.3. The fraction of sp³-hybridized carbons (Fsp3) is 0.667. The van der Waals surface area contributed by atoms with Gasteiger partial charge in [-0.25, -0.2) is 0 Å². The van der Waals surface area contributed by atoms with Crippen LogP contribution in [0.2, 0.25) is 0 Å². The number of hydrogen-bond acceptors (Lipinski definition) is 0. The second kappa shape index (κ2) is 8.08. The van der Waals surface area contributed by atoms with Crippen molar-refractivity contribution >= 4 is 0 Å². The Morgan fingerprint density at radius 1 is 1.04 bits per heavy atom. The highest BCUT2D eigenvalue weighted by atomic mass is 16.0. The monoisotopic (exact) mass is 342 g/mol. The largest absolute Gasteiger partial charge is 0.412 e. The van der Waals surface area contributed by atoms with Gasteiger partial charge in [-0.2, -0.15) is 0 Å². The van der Waals surface area contributed by atoms with Gasteiger partial charge in [0.05, 0.1) is 0 Å². The molecule has 2 N–H and O–H groups in total. The maximum absolute atomic E-state index is 2.46. The zero-order valence-electron chi connectivity index (χ0n) is 17.0. The maximum atomic E-state index is 2.46. The first kappa shape index (κ1) is 20.2. The van der Waals surface area contributed by atoms with E-state index in [1.807, 2.05) is 19.4 Å². The van der Waals surface area contributed by atoms with Crippen LogP contribution >= 0.6 is 0 Å². The Kier molecular flexibility index (Phi) is 6.54. The molecular weight excluding hydrogens is 304 g/mol. The minimum atomic E-state index is 0. The van der Waals surface area contributed by atoms with Crippen molar-refractivity contribution in [2.45, 2.75) is 91.9 Å². The Bertz CT molecular complexity index is 627. The minimum absolute atomic E-state index is 0. The molecule has 0 radical (unpaired) electrons. The molecule has 3 atom stereocenters. The highest BCUT2D eigenvalue weighted by molar-refractivity contribution is 5.39. The molecule has 1 saturated carbocycles. The van der Waals surface area contributed by atoms with Crippen LogP contribution in [-0.4, -0.2) is 5.48 Å². The van der Waals surface area contributed by atoms with Gasteiger partial charge in [-0.15, -0.1) is 0 Å². The summed E-state index contributed by atoms with van der Waals surface area (Å²) in [6, 6.07) is 7.26. The molecule has 3 aliphatic rings. The maximum Gasteiger partial charge on any atom is -0.00822 e. The number of aryl methyl sites for hydroxylation is 2. The highest BCUT2D eigenvalue weighted by Gasteiger charge is 2.44. The molecule has 25 heavy (non-hydrogen) atoms. The van der Waals surface area contributed by atoms with Crippen molar-refractivity contribution in [3.63, 3.8) is 0 Å². The van der Waals surface area contributed by atoms with Gasteiger partial charge in [0.1, 0.15) is 0 Å². The van der Waals surface area contributed by atoms with E-state index >= 15 is 0 Å². The number of hydrogen-bond donors (Lipinski definition) is 0. The van der Waals surface area contributed by atoms with E-state index in [0.29, 0.717) is 5.41 Å². The van der Waals surface area contributed by atoms with Crippen molar-refractivity contribution < 1.29 is 5.48 Å². The molecule has 0 bridgehead atoms. The topological polar surface area (TPSA) is 31.5 Å². The predicted octanol–water partition coefficient (Wildman–Crippen LogP) is 6.53. The number of fused-ring (bicyclic) bond motifs is 4. The Morgan fingerprint density at radius 2 is 1.80 bits per heavy atom. The van der Waals surface area contributed by atoms with Gasteiger partial charge in [-0.3, -0.25) is 0 Å². The average Bonchev–Trinajstić information content (AvgIpc) is 2.81. The summed E-state index contributed by atoms with van der Waals surface area (Å²) in [6.45, 7) is 11.1. The van der Waals surface area contributed by atoms with E-state index < -0.39 is 0 Å². The quantitative estimate of drug-likeness (QED) is 0.519. The third-order valence-corrected chi connectivity index (χ3v) is 7.22. The molecule has 4 rings (SSSR count). The van der Waals surface area contributed by atoms with Gasteiger partial charge in [-0.1, -0.05) is 55.7 Å². The molecule has 1 heteroatoms. The fourth-order valence-electron chi connectivity index (χ4n) is 5.97. The summed E-state index contributed by atoms with van der Waals surface area (Å²) >= 11 is 0. The smallest absolute Gasteiger partial charge is 0.00822 e. The van der Waals surface area contributed by atoms with E-state index in [9.17, 15) is 0 Å². The van der Waals surface area contributed by atoms with Gasteiger partial charge in [0.15, 0.2) is 0 Å². The molecule has 0 saturated heterocycles. The number of allylic oxidation sites excluding steroid dienone is 2. The molecule has 2 unspecified atom stereocenters. The number of benzene rings is 1. The molecule has 1 fully saturated rings. The Morgan fingerprint density at radius 3 is 2.52 bits per heavy atom. The SMILES string of the molecule is CC.CC[C@]12CCC(C)=C1CCC1c3ccc(C)cc3CCC1C2.O. The first-order valence-corrected chi connectivity index (χ1v) is 10.4. The molecule has 0 amide bonds. The number of rotatable bonds is 1. The summed E-state index contributed by atoms with van der Waals surface area (Å²) < 4.78 is 0. The lowest BCUT2D eigenvalue weighted by atomic mass is 9.67. The highest BCUT2D eigenvalue weighted by Crippen LogP contribution is 2.58. The van der Waals surface area contributed by atoms with Crippen molar-refractivity contribution in [1.29, 1.82) is 0 Å². The van der Waals surface area contributed by atoms with E-state index in [1.54, 1.807) is 16.7 Å². The lowest BCUT2D eigenvalue weighted by molar-refractivity contribution is 0.227. The molecule has 0 heterocycles. The Labute approximate surface area is 155 Å². The van der Waals surface area contributed by atoms with Crippen LogP contribution < -0.4 is 0 Å². The summed E-state index contributed by atoms with van der Waals surface area (Å²) in [5.74, 6) is 1.76. The first-order chi connectivity index (χ1) is 11.6. The average molecular weight is 343 g/mol. The lowest BCUT2D eigenvalue weighted by Gasteiger charge is -2.37. The van der Waals surface area contributed by atoms with Gasteiger partial charge < -0.3 is 5.48 Å². The van der Waals surface area contributed by atoms with Crippen molar-refractivity contribution in [2.75, 3.05) is 0 Å². The van der Waals surface area contributed by atoms with Crippen LogP contribution in [0.3, 0.4) is 0 Å². The summed E-state index contributed by atoms with van der Waals surface area (Å²) in [4.78, 5) is 0. The molecule has 140 valence electrons. The molecule has 0 aromatic heterocycles.